The summed E-state index contributed by atoms with van der Waals surface area (Å²) in [4.78, 5) is 26.2. The molecule has 172 valence electrons. The molecule has 5 nitrogen and oxygen atoms in total. The summed E-state index contributed by atoms with van der Waals surface area (Å²) >= 11 is 0. The van der Waals surface area contributed by atoms with Crippen LogP contribution >= 0.6 is 0 Å². The molecule has 0 saturated heterocycles. The number of hydrogen-bond acceptors (Lipinski definition) is 5. The molecule has 0 bridgehead atoms. The van der Waals surface area contributed by atoms with Crippen LogP contribution in [0.3, 0.4) is 0 Å². The van der Waals surface area contributed by atoms with Crippen molar-refractivity contribution < 1.29 is 22.7 Å². The van der Waals surface area contributed by atoms with Crippen molar-refractivity contribution in [3.8, 4) is 33.8 Å². The zero-order valence-electron chi connectivity index (χ0n) is 18.4. The maximum absolute atomic E-state index is 13.2. The third-order valence-corrected chi connectivity index (χ3v) is 5.17. The Morgan fingerprint density at radius 2 is 1.65 bits per heavy atom. The summed E-state index contributed by atoms with van der Waals surface area (Å²) < 4.78 is 44.7. The molecule has 0 saturated carbocycles. The average Bonchev–Trinajstić information content (AvgIpc) is 2.84. The molecule has 0 fully saturated rings. The molecule has 4 rings (SSSR count). The molecule has 2 aromatic heterocycles. The van der Waals surface area contributed by atoms with Crippen LogP contribution in [0.25, 0.3) is 33.8 Å². The molecule has 34 heavy (non-hydrogen) atoms. The van der Waals surface area contributed by atoms with E-state index in [-0.39, 0.29) is 17.7 Å². The van der Waals surface area contributed by atoms with Gasteiger partial charge in [-0.25, -0.2) is 14.8 Å². The summed E-state index contributed by atoms with van der Waals surface area (Å²) in [6, 6.07) is 15.8. The van der Waals surface area contributed by atoms with Crippen molar-refractivity contribution >= 4 is 5.97 Å². The number of nitrogens with zero attached hydrogens (tertiary/aromatic N) is 3. The monoisotopic (exact) mass is 463 g/mol. The van der Waals surface area contributed by atoms with E-state index in [0.717, 1.165) is 17.7 Å². The molecule has 0 unspecified atom stereocenters. The Morgan fingerprint density at radius 3 is 2.32 bits per heavy atom. The molecular weight excluding hydrogens is 443 g/mol. The molecule has 0 atom stereocenters. The van der Waals surface area contributed by atoms with E-state index < -0.39 is 17.7 Å². The summed E-state index contributed by atoms with van der Waals surface area (Å²) in [5.74, 6) is -0.106. The average molecular weight is 463 g/mol. The molecule has 2 aromatic carbocycles. The van der Waals surface area contributed by atoms with Gasteiger partial charge in [0.15, 0.2) is 5.82 Å². The molecule has 0 aliphatic carbocycles. The summed E-state index contributed by atoms with van der Waals surface area (Å²) in [7, 11) is 0. The van der Waals surface area contributed by atoms with Gasteiger partial charge in [0.05, 0.1) is 29.1 Å². The number of hydrogen-bond donors (Lipinski definition) is 0. The van der Waals surface area contributed by atoms with Gasteiger partial charge in [-0.15, -0.1) is 0 Å². The Bertz CT molecular complexity index is 1340. The lowest BCUT2D eigenvalue weighted by Crippen LogP contribution is -2.09. The highest BCUT2D eigenvalue weighted by atomic mass is 19.4. The van der Waals surface area contributed by atoms with E-state index >= 15 is 0 Å². The van der Waals surface area contributed by atoms with Gasteiger partial charge in [0.2, 0.25) is 0 Å². The van der Waals surface area contributed by atoms with E-state index in [4.69, 9.17) is 4.74 Å². The number of halogens is 3. The Morgan fingerprint density at radius 1 is 0.912 bits per heavy atom. The van der Waals surface area contributed by atoms with Crippen molar-refractivity contribution in [1.29, 1.82) is 0 Å². The van der Waals surface area contributed by atoms with Gasteiger partial charge in [-0.1, -0.05) is 42.5 Å². The highest BCUT2D eigenvalue weighted by Crippen LogP contribution is 2.34. The summed E-state index contributed by atoms with van der Waals surface area (Å²) in [5.41, 5.74) is 2.24. The highest BCUT2D eigenvalue weighted by molar-refractivity contribution is 5.97. The second-order valence-electron chi connectivity index (χ2n) is 7.48. The third-order valence-electron chi connectivity index (χ3n) is 5.17. The fourth-order valence-corrected chi connectivity index (χ4v) is 3.50. The van der Waals surface area contributed by atoms with Gasteiger partial charge in [0, 0.05) is 29.1 Å². The first-order valence-electron chi connectivity index (χ1n) is 10.5. The number of aryl methyl sites for hydroxylation is 1. The molecule has 0 N–H and O–H groups in total. The molecule has 0 amide bonds. The fourth-order valence-electron chi connectivity index (χ4n) is 3.50. The van der Waals surface area contributed by atoms with Crippen molar-refractivity contribution in [2.24, 2.45) is 0 Å². The first-order valence-corrected chi connectivity index (χ1v) is 10.5. The molecule has 4 aromatic rings. The van der Waals surface area contributed by atoms with Crippen molar-refractivity contribution in [2.45, 2.75) is 20.0 Å². The fraction of sp³-hybridized carbons (Fsp3) is 0.154. The Hall–Kier alpha value is -4.07. The van der Waals surface area contributed by atoms with Gasteiger partial charge in [-0.3, -0.25) is 4.98 Å². The minimum atomic E-state index is -4.48. The second kappa shape index (κ2) is 9.43. The van der Waals surface area contributed by atoms with E-state index in [2.05, 4.69) is 15.0 Å². The minimum Gasteiger partial charge on any atom is -0.462 e. The van der Waals surface area contributed by atoms with Crippen LogP contribution in [-0.4, -0.2) is 27.5 Å². The van der Waals surface area contributed by atoms with E-state index in [9.17, 15) is 18.0 Å². The zero-order chi connectivity index (χ0) is 24.3. The number of rotatable bonds is 5. The zero-order valence-corrected chi connectivity index (χ0v) is 18.4. The number of esters is 1. The van der Waals surface area contributed by atoms with Crippen LogP contribution < -0.4 is 0 Å². The number of aromatic nitrogens is 3. The van der Waals surface area contributed by atoms with Crippen LogP contribution in [0.4, 0.5) is 13.2 Å². The van der Waals surface area contributed by atoms with Gasteiger partial charge < -0.3 is 4.74 Å². The van der Waals surface area contributed by atoms with Gasteiger partial charge in [-0.05, 0) is 37.6 Å². The molecular formula is C26H20F3N3O2. The number of benzene rings is 2. The van der Waals surface area contributed by atoms with Crippen LogP contribution in [-0.2, 0) is 10.9 Å². The van der Waals surface area contributed by atoms with Crippen molar-refractivity contribution in [1.82, 2.24) is 15.0 Å². The highest BCUT2D eigenvalue weighted by Gasteiger charge is 2.30. The Labute approximate surface area is 194 Å². The standard InChI is InChI=1S/C26H20F3N3O2/c1-3-34-25(33)21-13-19(18-10-7-11-20(12-18)26(27,28)29)14-30-23(21)22-15-31-24(32-16(22)2)17-8-5-4-6-9-17/h4-15H,3H2,1-2H3. The lowest BCUT2D eigenvalue weighted by atomic mass is 9.99. The number of pyridine rings is 1. The Kier molecular flexibility index (Phi) is 6.40. The smallest absolute Gasteiger partial charge is 0.416 e. The maximum Gasteiger partial charge on any atom is 0.416 e. The predicted molar refractivity (Wildman–Crippen MR) is 122 cm³/mol. The number of carbonyl (C=O) groups is 1. The van der Waals surface area contributed by atoms with Crippen molar-refractivity contribution in [3.05, 3.63) is 89.9 Å². The number of carbonyl (C=O) groups excluding carboxylic acids is 1. The normalized spacial score (nSPS) is 11.3. The lowest BCUT2D eigenvalue weighted by molar-refractivity contribution is -0.137. The number of alkyl halides is 3. The molecule has 0 aliphatic rings. The van der Waals surface area contributed by atoms with Crippen LogP contribution in [0.1, 0.15) is 28.5 Å². The van der Waals surface area contributed by atoms with Crippen LogP contribution in [0.2, 0.25) is 0 Å². The molecule has 0 spiro atoms. The van der Waals surface area contributed by atoms with Gasteiger partial charge in [-0.2, -0.15) is 13.2 Å². The Balaban J connectivity index is 1.80. The van der Waals surface area contributed by atoms with E-state index in [1.807, 2.05) is 30.3 Å². The molecule has 0 aliphatic heterocycles. The van der Waals surface area contributed by atoms with Gasteiger partial charge in [0.25, 0.3) is 0 Å². The van der Waals surface area contributed by atoms with Gasteiger partial charge >= 0.3 is 12.1 Å². The minimum absolute atomic E-state index is 0.121. The molecule has 2 heterocycles. The summed E-state index contributed by atoms with van der Waals surface area (Å²) in [5, 5.41) is 0. The number of ether oxygens (including phenoxy) is 1. The van der Waals surface area contributed by atoms with Crippen LogP contribution in [0, 0.1) is 6.92 Å². The maximum atomic E-state index is 13.2. The first kappa shape index (κ1) is 23.1. The van der Waals surface area contributed by atoms with Crippen molar-refractivity contribution in [2.75, 3.05) is 6.61 Å². The van der Waals surface area contributed by atoms with Crippen LogP contribution in [0.5, 0.6) is 0 Å². The van der Waals surface area contributed by atoms with Gasteiger partial charge in [0.1, 0.15) is 0 Å². The first-order chi connectivity index (χ1) is 16.3. The van der Waals surface area contributed by atoms with Crippen molar-refractivity contribution in [3.63, 3.8) is 0 Å². The third kappa shape index (κ3) is 4.80. The van der Waals surface area contributed by atoms with E-state index in [0.29, 0.717) is 28.3 Å². The lowest BCUT2D eigenvalue weighted by Gasteiger charge is -2.13. The SMILES string of the molecule is CCOC(=O)c1cc(-c2cccc(C(F)(F)F)c2)cnc1-c1cnc(-c2ccccc2)nc1C. The summed E-state index contributed by atoms with van der Waals surface area (Å²) in [6.45, 7) is 3.58. The molecule has 8 heteroatoms. The summed E-state index contributed by atoms with van der Waals surface area (Å²) in [6.07, 6.45) is -1.47. The largest absolute Gasteiger partial charge is 0.462 e. The van der Waals surface area contributed by atoms with E-state index in [1.165, 1.54) is 24.4 Å². The quantitative estimate of drug-likeness (QED) is 0.322. The molecule has 0 radical (unpaired) electrons. The van der Waals surface area contributed by atoms with Crippen LogP contribution in [0.15, 0.2) is 73.1 Å². The van der Waals surface area contributed by atoms with E-state index in [1.54, 1.807) is 20.0 Å². The second-order valence-corrected chi connectivity index (χ2v) is 7.48. The topological polar surface area (TPSA) is 65.0 Å². The predicted octanol–water partition coefficient (Wildman–Crippen LogP) is 6.38.